The van der Waals surface area contributed by atoms with Crippen molar-refractivity contribution in [3.63, 3.8) is 0 Å². The third-order valence-corrected chi connectivity index (χ3v) is 5.68. The summed E-state index contributed by atoms with van der Waals surface area (Å²) in [5.41, 5.74) is 2.62. The van der Waals surface area contributed by atoms with Gasteiger partial charge in [-0.05, 0) is 55.0 Å². The molecule has 1 atom stereocenters. The second-order valence-electron chi connectivity index (χ2n) is 7.67. The Hall–Kier alpha value is -1.95. The van der Waals surface area contributed by atoms with Crippen LogP contribution in [0, 0.1) is 5.92 Å². The van der Waals surface area contributed by atoms with E-state index in [-0.39, 0.29) is 0 Å². The lowest BCUT2D eigenvalue weighted by Crippen LogP contribution is -2.47. The highest BCUT2D eigenvalue weighted by Gasteiger charge is 2.22. The van der Waals surface area contributed by atoms with Gasteiger partial charge in [0.25, 0.3) is 0 Å². The molecule has 0 bridgehead atoms. The van der Waals surface area contributed by atoms with E-state index in [1.54, 1.807) is 14.2 Å². The molecule has 1 unspecified atom stereocenters. The van der Waals surface area contributed by atoms with Gasteiger partial charge < -0.3 is 24.6 Å². The first kappa shape index (κ1) is 19.8. The van der Waals surface area contributed by atoms with Crippen LogP contribution in [0.1, 0.15) is 30.9 Å². The lowest BCUT2D eigenvalue weighted by Gasteiger charge is -2.34. The van der Waals surface area contributed by atoms with E-state index in [2.05, 4.69) is 39.2 Å². The van der Waals surface area contributed by atoms with Gasteiger partial charge in [0.15, 0.2) is 17.5 Å². The Morgan fingerprint density at radius 1 is 1.19 bits per heavy atom. The first-order valence-corrected chi connectivity index (χ1v) is 10.1. The first-order valence-electron chi connectivity index (χ1n) is 10.1. The van der Waals surface area contributed by atoms with Crippen molar-refractivity contribution in [1.82, 2.24) is 15.1 Å². The zero-order valence-electron chi connectivity index (χ0n) is 17.3. The number of rotatable bonds is 5. The summed E-state index contributed by atoms with van der Waals surface area (Å²) in [5.74, 6) is 3.41. The van der Waals surface area contributed by atoms with Gasteiger partial charge in [-0.2, -0.15) is 0 Å². The number of aliphatic imine (C=N–C) groups is 1. The van der Waals surface area contributed by atoms with Crippen LogP contribution in [-0.2, 0) is 13.0 Å². The highest BCUT2D eigenvalue weighted by atomic mass is 16.5. The number of nitrogens with one attached hydrogen (secondary N) is 1. The van der Waals surface area contributed by atoms with Gasteiger partial charge in [-0.3, -0.25) is 4.99 Å². The molecule has 3 rings (SSSR count). The first-order chi connectivity index (χ1) is 13.1. The molecule has 0 amide bonds. The van der Waals surface area contributed by atoms with Crippen molar-refractivity contribution in [3.8, 4) is 11.5 Å². The quantitative estimate of drug-likeness (QED) is 0.633. The van der Waals surface area contributed by atoms with Crippen LogP contribution >= 0.6 is 0 Å². The minimum absolute atomic E-state index is 0.792. The van der Waals surface area contributed by atoms with E-state index in [0.29, 0.717) is 0 Å². The molecule has 0 saturated carbocycles. The third-order valence-electron chi connectivity index (χ3n) is 5.68. The molecule has 27 heavy (non-hydrogen) atoms. The van der Waals surface area contributed by atoms with Crippen molar-refractivity contribution in [2.45, 2.75) is 32.7 Å². The normalized spacial score (nSPS) is 21.0. The summed E-state index contributed by atoms with van der Waals surface area (Å²) in [4.78, 5) is 9.41. The van der Waals surface area contributed by atoms with Crippen molar-refractivity contribution < 1.29 is 9.47 Å². The van der Waals surface area contributed by atoms with Crippen LogP contribution in [0.2, 0.25) is 0 Å². The molecule has 0 aromatic heterocycles. The fourth-order valence-corrected chi connectivity index (χ4v) is 4.21. The Labute approximate surface area is 163 Å². The summed E-state index contributed by atoms with van der Waals surface area (Å²) in [7, 11) is 5.25. The Kier molecular flexibility index (Phi) is 6.83. The smallest absolute Gasteiger partial charge is 0.194 e. The molecule has 6 nitrogen and oxygen atoms in total. The maximum atomic E-state index is 5.47. The van der Waals surface area contributed by atoms with E-state index in [9.17, 15) is 0 Å². The van der Waals surface area contributed by atoms with E-state index in [0.717, 1.165) is 56.0 Å². The predicted molar refractivity (Wildman–Crippen MR) is 110 cm³/mol. The zero-order valence-corrected chi connectivity index (χ0v) is 17.3. The molecule has 2 heterocycles. The second kappa shape index (κ2) is 9.31. The number of piperidine rings is 1. The van der Waals surface area contributed by atoms with Crippen molar-refractivity contribution in [2.75, 3.05) is 54.0 Å². The highest BCUT2D eigenvalue weighted by molar-refractivity contribution is 5.80. The number of nitrogens with zero attached hydrogens (tertiary/aromatic N) is 3. The van der Waals surface area contributed by atoms with E-state index in [1.807, 2.05) is 7.05 Å². The van der Waals surface area contributed by atoms with Gasteiger partial charge in [-0.25, -0.2) is 0 Å². The van der Waals surface area contributed by atoms with Crippen LogP contribution in [0.15, 0.2) is 17.1 Å². The lowest BCUT2D eigenvalue weighted by molar-refractivity contribution is 0.186. The Morgan fingerprint density at radius 3 is 2.59 bits per heavy atom. The van der Waals surface area contributed by atoms with E-state index < -0.39 is 0 Å². The van der Waals surface area contributed by atoms with Crippen LogP contribution in [0.5, 0.6) is 11.5 Å². The Morgan fingerprint density at radius 2 is 1.93 bits per heavy atom. The molecule has 1 N–H and O–H groups in total. The lowest BCUT2D eigenvalue weighted by atomic mass is 9.99. The van der Waals surface area contributed by atoms with E-state index in [1.165, 1.54) is 37.1 Å². The van der Waals surface area contributed by atoms with Crippen molar-refractivity contribution in [1.29, 1.82) is 0 Å². The molecule has 2 aliphatic rings. The monoisotopic (exact) mass is 374 g/mol. The Balaban J connectivity index is 1.57. The maximum Gasteiger partial charge on any atom is 0.194 e. The topological polar surface area (TPSA) is 49.3 Å². The maximum absolute atomic E-state index is 5.47. The Bertz CT molecular complexity index is 662. The molecule has 2 aliphatic heterocycles. The summed E-state index contributed by atoms with van der Waals surface area (Å²) in [6.45, 7) is 8.63. The van der Waals surface area contributed by atoms with Gasteiger partial charge in [-0.1, -0.05) is 6.92 Å². The molecule has 150 valence electrons. The summed E-state index contributed by atoms with van der Waals surface area (Å²) in [6.07, 6.45) is 3.68. The third kappa shape index (κ3) is 4.86. The molecule has 1 saturated heterocycles. The minimum Gasteiger partial charge on any atom is -0.493 e. The van der Waals surface area contributed by atoms with Gasteiger partial charge in [-0.15, -0.1) is 0 Å². The number of hydrogen-bond acceptors (Lipinski definition) is 4. The van der Waals surface area contributed by atoms with Crippen LogP contribution in [0.25, 0.3) is 0 Å². The standard InChI is InChI=1S/C21H34N4O2/c1-16-6-5-9-24(14-16)11-8-23-21(22-2)25-10-7-17-12-19(26-3)20(27-4)13-18(17)15-25/h12-13,16H,5-11,14-15H2,1-4H3,(H,22,23). The van der Waals surface area contributed by atoms with Gasteiger partial charge in [0, 0.05) is 39.8 Å². The fraction of sp³-hybridized carbons (Fsp3) is 0.667. The van der Waals surface area contributed by atoms with Gasteiger partial charge in [0.05, 0.1) is 14.2 Å². The summed E-state index contributed by atoms with van der Waals surface area (Å²) in [5, 5.41) is 3.56. The molecule has 6 heteroatoms. The number of ether oxygens (including phenoxy) is 2. The molecule has 0 aliphatic carbocycles. The van der Waals surface area contributed by atoms with Gasteiger partial charge in [0.1, 0.15) is 0 Å². The van der Waals surface area contributed by atoms with Crippen LogP contribution < -0.4 is 14.8 Å². The molecular weight excluding hydrogens is 340 g/mol. The summed E-state index contributed by atoms with van der Waals surface area (Å²) < 4.78 is 10.9. The molecule has 0 spiro atoms. The number of fused-ring (bicyclic) bond motifs is 1. The largest absolute Gasteiger partial charge is 0.493 e. The number of hydrogen-bond donors (Lipinski definition) is 1. The zero-order chi connectivity index (χ0) is 19.2. The average Bonchev–Trinajstić information content (AvgIpc) is 2.69. The molecule has 1 aromatic carbocycles. The van der Waals surface area contributed by atoms with E-state index >= 15 is 0 Å². The summed E-state index contributed by atoms with van der Waals surface area (Å²) in [6, 6.07) is 4.21. The van der Waals surface area contributed by atoms with Crippen LogP contribution in [0.3, 0.4) is 0 Å². The molecule has 0 radical (unpaired) electrons. The van der Waals surface area contributed by atoms with Crippen LogP contribution in [0.4, 0.5) is 0 Å². The number of likely N-dealkylation sites (tertiary alicyclic amines) is 1. The summed E-state index contributed by atoms with van der Waals surface area (Å²) >= 11 is 0. The fourth-order valence-electron chi connectivity index (χ4n) is 4.21. The van der Waals surface area contributed by atoms with Crippen molar-refractivity contribution in [2.24, 2.45) is 10.9 Å². The average molecular weight is 375 g/mol. The molecule has 1 aromatic rings. The SMILES string of the molecule is CN=C(NCCN1CCCC(C)C1)N1CCc2cc(OC)c(OC)cc2C1. The number of methoxy groups -OCH3 is 2. The molecule has 1 fully saturated rings. The van der Waals surface area contributed by atoms with E-state index in [4.69, 9.17) is 9.47 Å². The van der Waals surface area contributed by atoms with Gasteiger partial charge in [0.2, 0.25) is 0 Å². The molecular formula is C21H34N4O2. The van der Waals surface area contributed by atoms with Crippen LogP contribution in [-0.4, -0.2) is 69.8 Å². The number of guanidine groups is 1. The minimum atomic E-state index is 0.792. The predicted octanol–water partition coefficient (Wildman–Crippen LogP) is 2.37. The second-order valence-corrected chi connectivity index (χ2v) is 7.67. The van der Waals surface area contributed by atoms with Crippen molar-refractivity contribution in [3.05, 3.63) is 23.3 Å². The highest BCUT2D eigenvalue weighted by Crippen LogP contribution is 2.33. The van der Waals surface area contributed by atoms with Gasteiger partial charge >= 0.3 is 0 Å². The number of benzene rings is 1. The van der Waals surface area contributed by atoms with Crippen molar-refractivity contribution >= 4 is 5.96 Å².